The fourth-order valence-corrected chi connectivity index (χ4v) is 1.75. The molecule has 17 heavy (non-hydrogen) atoms. The van der Waals surface area contributed by atoms with Gasteiger partial charge in [-0.1, -0.05) is 6.92 Å². The molecule has 1 heterocycles. The average molecular weight is 245 g/mol. The summed E-state index contributed by atoms with van der Waals surface area (Å²) in [5, 5.41) is 19.2. The van der Waals surface area contributed by atoms with Crippen LogP contribution in [-0.4, -0.2) is 52.6 Å². The molecule has 2 N–H and O–H groups in total. The van der Waals surface area contributed by atoms with E-state index in [2.05, 4.69) is 0 Å². The number of piperidine rings is 1. The van der Waals surface area contributed by atoms with E-state index in [9.17, 15) is 15.0 Å². The molecule has 0 unspecified atom stereocenters. The number of carbonyl (C=O) groups is 1. The number of aliphatic hydroxyl groups excluding tert-OH is 2. The van der Waals surface area contributed by atoms with Crippen molar-refractivity contribution in [3.8, 4) is 0 Å². The van der Waals surface area contributed by atoms with Crippen LogP contribution in [0.5, 0.6) is 0 Å². The Balaban J connectivity index is 2.58. The van der Waals surface area contributed by atoms with Crippen LogP contribution in [0.4, 0.5) is 4.79 Å². The van der Waals surface area contributed by atoms with Crippen LogP contribution in [0.15, 0.2) is 0 Å². The van der Waals surface area contributed by atoms with Crippen LogP contribution in [-0.2, 0) is 4.74 Å². The minimum Gasteiger partial charge on any atom is -0.444 e. The monoisotopic (exact) mass is 245 g/mol. The summed E-state index contributed by atoms with van der Waals surface area (Å²) in [5.74, 6) is 0. The molecule has 2 atom stereocenters. The molecule has 1 fully saturated rings. The Hall–Kier alpha value is -0.810. The van der Waals surface area contributed by atoms with Crippen LogP contribution >= 0.6 is 0 Å². The van der Waals surface area contributed by atoms with Gasteiger partial charge in [0.05, 0.1) is 19.3 Å². The first-order valence-corrected chi connectivity index (χ1v) is 5.95. The Morgan fingerprint density at radius 3 is 2.53 bits per heavy atom. The molecule has 5 heteroatoms. The molecule has 0 aliphatic carbocycles. The molecule has 1 aliphatic heterocycles. The van der Waals surface area contributed by atoms with Gasteiger partial charge < -0.3 is 19.8 Å². The summed E-state index contributed by atoms with van der Waals surface area (Å²) in [4.78, 5) is 13.3. The van der Waals surface area contributed by atoms with Gasteiger partial charge >= 0.3 is 6.09 Å². The second kappa shape index (κ2) is 4.82. The van der Waals surface area contributed by atoms with Crippen LogP contribution in [0.25, 0.3) is 0 Å². The van der Waals surface area contributed by atoms with E-state index in [1.165, 1.54) is 4.90 Å². The molecule has 0 saturated carbocycles. The molecule has 0 aromatic rings. The maximum absolute atomic E-state index is 11.8. The third-order valence-electron chi connectivity index (χ3n) is 3.16. The Bertz CT molecular complexity index is 287. The lowest BCUT2D eigenvalue weighted by Crippen LogP contribution is -2.53. The van der Waals surface area contributed by atoms with E-state index in [0.717, 1.165) is 0 Å². The van der Waals surface area contributed by atoms with Crippen molar-refractivity contribution in [2.45, 2.75) is 45.8 Å². The van der Waals surface area contributed by atoms with E-state index in [1.54, 1.807) is 0 Å². The van der Waals surface area contributed by atoms with Crippen LogP contribution in [0, 0.1) is 5.41 Å². The van der Waals surface area contributed by atoms with Gasteiger partial charge in [0.25, 0.3) is 0 Å². The third kappa shape index (κ3) is 3.57. The SMILES string of the molecule is CC(C)(C)OC(=O)N1CC[C@@](C)(CO)[C@H](O)C1. The Morgan fingerprint density at radius 2 is 2.12 bits per heavy atom. The highest BCUT2D eigenvalue weighted by Crippen LogP contribution is 2.31. The molecule has 0 aromatic heterocycles. The summed E-state index contributed by atoms with van der Waals surface area (Å²) in [6.45, 7) is 7.89. The minimum atomic E-state index is -0.714. The number of ether oxygens (including phenoxy) is 1. The van der Waals surface area contributed by atoms with Crippen molar-refractivity contribution < 1.29 is 19.7 Å². The molecule has 1 aliphatic rings. The second-order valence-corrected chi connectivity index (χ2v) is 6.00. The first-order valence-electron chi connectivity index (χ1n) is 5.95. The topological polar surface area (TPSA) is 70.0 Å². The van der Waals surface area contributed by atoms with Gasteiger partial charge in [0, 0.05) is 12.0 Å². The lowest BCUT2D eigenvalue weighted by Gasteiger charge is -2.42. The summed E-state index contributed by atoms with van der Waals surface area (Å²) in [6.07, 6.45) is -0.547. The largest absolute Gasteiger partial charge is 0.444 e. The zero-order valence-corrected chi connectivity index (χ0v) is 11.1. The summed E-state index contributed by atoms with van der Waals surface area (Å²) in [7, 11) is 0. The highest BCUT2D eigenvalue weighted by atomic mass is 16.6. The molecule has 0 radical (unpaired) electrons. The van der Waals surface area contributed by atoms with Crippen molar-refractivity contribution in [1.29, 1.82) is 0 Å². The molecule has 0 spiro atoms. The molecule has 5 nitrogen and oxygen atoms in total. The number of β-amino-alcohol motifs (C(OH)–C–C–N with tert-alkyl or cyclic N) is 1. The minimum absolute atomic E-state index is 0.0731. The lowest BCUT2D eigenvalue weighted by molar-refractivity contribution is -0.0670. The van der Waals surface area contributed by atoms with Gasteiger partial charge in [0.15, 0.2) is 0 Å². The number of hydrogen-bond acceptors (Lipinski definition) is 4. The van der Waals surface area contributed by atoms with Gasteiger partial charge in [0.1, 0.15) is 5.60 Å². The number of likely N-dealkylation sites (tertiary alicyclic amines) is 1. The molecule has 1 rings (SSSR count). The number of rotatable bonds is 1. The smallest absolute Gasteiger partial charge is 0.410 e. The fraction of sp³-hybridized carbons (Fsp3) is 0.917. The molecule has 0 bridgehead atoms. The van der Waals surface area contributed by atoms with Gasteiger partial charge in [-0.3, -0.25) is 0 Å². The summed E-state index contributed by atoms with van der Waals surface area (Å²) in [5.41, 5.74) is -1.04. The predicted molar refractivity (Wildman–Crippen MR) is 63.6 cm³/mol. The van der Waals surface area contributed by atoms with Gasteiger partial charge in [0.2, 0.25) is 0 Å². The number of aliphatic hydroxyl groups is 2. The van der Waals surface area contributed by atoms with Gasteiger partial charge in [-0.25, -0.2) is 4.79 Å². The van der Waals surface area contributed by atoms with Crippen LogP contribution in [0.2, 0.25) is 0 Å². The highest BCUT2D eigenvalue weighted by molar-refractivity contribution is 5.68. The van der Waals surface area contributed by atoms with Crippen molar-refractivity contribution in [3.63, 3.8) is 0 Å². The molecule has 1 saturated heterocycles. The average Bonchev–Trinajstić information content (AvgIpc) is 2.19. The highest BCUT2D eigenvalue weighted by Gasteiger charge is 2.40. The standard InChI is InChI=1S/C12H23NO4/c1-11(2,3)17-10(16)13-6-5-12(4,8-14)9(15)7-13/h9,14-15H,5-8H2,1-4H3/t9-,12+/m1/s1. The maximum Gasteiger partial charge on any atom is 0.410 e. The van der Waals surface area contributed by atoms with E-state index in [1.807, 2.05) is 27.7 Å². The first-order chi connectivity index (χ1) is 7.68. The number of hydrogen-bond donors (Lipinski definition) is 2. The summed E-state index contributed by atoms with van der Waals surface area (Å²) < 4.78 is 5.24. The first kappa shape index (κ1) is 14.3. The zero-order valence-electron chi connectivity index (χ0n) is 11.1. The van der Waals surface area contributed by atoms with Gasteiger partial charge in [-0.05, 0) is 27.2 Å². The molecule has 1 amide bonds. The normalized spacial score (nSPS) is 30.2. The third-order valence-corrected chi connectivity index (χ3v) is 3.16. The van der Waals surface area contributed by atoms with Gasteiger partial charge in [-0.15, -0.1) is 0 Å². The Morgan fingerprint density at radius 1 is 1.53 bits per heavy atom. The van der Waals surface area contributed by atoms with Crippen molar-refractivity contribution in [2.75, 3.05) is 19.7 Å². The van der Waals surface area contributed by atoms with E-state index < -0.39 is 23.2 Å². The quantitative estimate of drug-likeness (QED) is 0.722. The van der Waals surface area contributed by atoms with Crippen molar-refractivity contribution in [2.24, 2.45) is 5.41 Å². The number of amides is 1. The van der Waals surface area contributed by atoms with E-state index in [-0.39, 0.29) is 13.2 Å². The summed E-state index contributed by atoms with van der Waals surface area (Å²) >= 11 is 0. The van der Waals surface area contributed by atoms with Gasteiger partial charge in [-0.2, -0.15) is 0 Å². The van der Waals surface area contributed by atoms with Crippen molar-refractivity contribution in [1.82, 2.24) is 4.90 Å². The fourth-order valence-electron chi connectivity index (χ4n) is 1.75. The van der Waals surface area contributed by atoms with Crippen molar-refractivity contribution in [3.05, 3.63) is 0 Å². The van der Waals surface area contributed by atoms with Crippen LogP contribution < -0.4 is 0 Å². The molecular weight excluding hydrogens is 222 g/mol. The lowest BCUT2D eigenvalue weighted by atomic mass is 9.79. The molecular formula is C12H23NO4. The second-order valence-electron chi connectivity index (χ2n) is 6.00. The van der Waals surface area contributed by atoms with E-state index in [4.69, 9.17) is 4.74 Å². The van der Waals surface area contributed by atoms with Crippen LogP contribution in [0.1, 0.15) is 34.1 Å². The number of carbonyl (C=O) groups excluding carboxylic acids is 1. The Labute approximate surface area is 102 Å². The zero-order chi connectivity index (χ0) is 13.3. The number of nitrogens with zero attached hydrogens (tertiary/aromatic N) is 1. The summed E-state index contributed by atoms with van der Waals surface area (Å²) in [6, 6.07) is 0. The predicted octanol–water partition coefficient (Wildman–Crippen LogP) is 0.987. The molecule has 100 valence electrons. The van der Waals surface area contributed by atoms with Crippen molar-refractivity contribution >= 4 is 6.09 Å². The maximum atomic E-state index is 11.8. The van der Waals surface area contributed by atoms with E-state index >= 15 is 0 Å². The van der Waals surface area contributed by atoms with Crippen LogP contribution in [0.3, 0.4) is 0 Å². The molecule has 0 aromatic carbocycles. The Kier molecular flexibility index (Phi) is 4.04. The van der Waals surface area contributed by atoms with E-state index in [0.29, 0.717) is 13.0 Å².